The first-order valence-electron chi connectivity index (χ1n) is 6.50. The molecule has 2 N–H and O–H groups in total. The van der Waals surface area contributed by atoms with Gasteiger partial charge in [-0.05, 0) is 12.8 Å². The van der Waals surface area contributed by atoms with Gasteiger partial charge in [-0.2, -0.15) is 0 Å². The van der Waals surface area contributed by atoms with Gasteiger partial charge in [-0.15, -0.1) is 0 Å². The smallest absolute Gasteiger partial charge is 0.350 e. The van der Waals surface area contributed by atoms with Gasteiger partial charge in [0.2, 0.25) is 5.91 Å². The zero-order valence-corrected chi connectivity index (χ0v) is 13.1. The first-order chi connectivity index (χ1) is 9.43. The van der Waals surface area contributed by atoms with E-state index in [-0.39, 0.29) is 11.9 Å². The van der Waals surface area contributed by atoms with Crippen molar-refractivity contribution in [1.82, 2.24) is 10.3 Å². The minimum atomic E-state index is -0.386. The zero-order chi connectivity index (χ0) is 15.1. The number of carbonyl (C=O) groups excluding carboxylic acids is 2. The Balaban J connectivity index is 2.39. The van der Waals surface area contributed by atoms with Crippen LogP contribution < -0.4 is 10.6 Å². The van der Waals surface area contributed by atoms with Crippen LogP contribution in [0.3, 0.4) is 0 Å². The molecule has 1 heterocycles. The molecule has 0 spiro atoms. The molecule has 6 nitrogen and oxygen atoms in total. The van der Waals surface area contributed by atoms with E-state index in [2.05, 4.69) is 20.4 Å². The third-order valence-corrected chi connectivity index (χ3v) is 3.60. The average molecular weight is 299 g/mol. The first-order valence-corrected chi connectivity index (χ1v) is 7.32. The van der Waals surface area contributed by atoms with Crippen LogP contribution in [0.1, 0.15) is 35.6 Å². The van der Waals surface area contributed by atoms with Crippen molar-refractivity contribution >= 4 is 28.3 Å². The maximum Gasteiger partial charge on any atom is 0.350 e. The van der Waals surface area contributed by atoms with E-state index in [1.54, 1.807) is 6.92 Å². The number of esters is 1. The summed E-state index contributed by atoms with van der Waals surface area (Å²) in [4.78, 5) is 27.7. The van der Waals surface area contributed by atoms with Crippen molar-refractivity contribution in [2.24, 2.45) is 5.92 Å². The second-order valence-electron chi connectivity index (χ2n) is 4.80. The van der Waals surface area contributed by atoms with Crippen LogP contribution in [0.25, 0.3) is 0 Å². The van der Waals surface area contributed by atoms with E-state index in [0.29, 0.717) is 41.1 Å². The standard InChI is InChI=1S/C13H21N3O3S/c1-8(2)7-15-10(17)5-6-14-13-16-9(3)11(20-13)12(18)19-4/h8H,5-7H2,1-4H3,(H,14,16)(H,15,17). The summed E-state index contributed by atoms with van der Waals surface area (Å²) in [6.07, 6.45) is 0.374. The van der Waals surface area contributed by atoms with Gasteiger partial charge in [-0.25, -0.2) is 9.78 Å². The third kappa shape index (κ3) is 5.16. The fourth-order valence-corrected chi connectivity index (χ4v) is 2.35. The molecular weight excluding hydrogens is 278 g/mol. The highest BCUT2D eigenvalue weighted by Gasteiger charge is 2.15. The number of carbonyl (C=O) groups is 2. The molecular formula is C13H21N3O3S. The van der Waals surface area contributed by atoms with Gasteiger partial charge in [-0.1, -0.05) is 25.2 Å². The van der Waals surface area contributed by atoms with Gasteiger partial charge in [0.05, 0.1) is 12.8 Å². The fourth-order valence-electron chi connectivity index (χ4n) is 1.44. The third-order valence-electron chi connectivity index (χ3n) is 2.50. The molecule has 0 fully saturated rings. The number of ether oxygens (including phenoxy) is 1. The van der Waals surface area contributed by atoms with Crippen molar-refractivity contribution in [3.8, 4) is 0 Å². The van der Waals surface area contributed by atoms with Crippen LogP contribution in [-0.4, -0.2) is 37.1 Å². The lowest BCUT2D eigenvalue weighted by Gasteiger charge is -2.07. The van der Waals surface area contributed by atoms with Crippen molar-refractivity contribution < 1.29 is 14.3 Å². The normalized spacial score (nSPS) is 10.4. The van der Waals surface area contributed by atoms with Gasteiger partial charge in [0.25, 0.3) is 0 Å². The van der Waals surface area contributed by atoms with Crippen molar-refractivity contribution in [1.29, 1.82) is 0 Å². The molecule has 0 aliphatic carbocycles. The Kier molecular flexibility index (Phi) is 6.44. The molecule has 0 aromatic carbocycles. The summed E-state index contributed by atoms with van der Waals surface area (Å²) in [6.45, 7) is 7.01. The van der Waals surface area contributed by atoms with Crippen LogP contribution in [0.15, 0.2) is 0 Å². The number of aryl methyl sites for hydroxylation is 1. The number of nitrogens with zero attached hydrogens (tertiary/aromatic N) is 1. The van der Waals surface area contributed by atoms with Gasteiger partial charge in [0.15, 0.2) is 5.13 Å². The summed E-state index contributed by atoms with van der Waals surface area (Å²) >= 11 is 1.23. The monoisotopic (exact) mass is 299 g/mol. The molecule has 0 atom stereocenters. The number of hydrogen-bond donors (Lipinski definition) is 2. The molecule has 0 aliphatic heterocycles. The highest BCUT2D eigenvalue weighted by molar-refractivity contribution is 7.17. The predicted octanol–water partition coefficient (Wildman–Crippen LogP) is 1.81. The molecule has 112 valence electrons. The molecule has 7 heteroatoms. The number of nitrogens with one attached hydrogen (secondary N) is 2. The van der Waals surface area contributed by atoms with Crippen molar-refractivity contribution in [3.05, 3.63) is 10.6 Å². The topological polar surface area (TPSA) is 80.3 Å². The largest absolute Gasteiger partial charge is 0.465 e. The average Bonchev–Trinajstić information content (AvgIpc) is 2.76. The van der Waals surface area contributed by atoms with E-state index < -0.39 is 0 Å². The Bertz CT molecular complexity index is 471. The summed E-state index contributed by atoms with van der Waals surface area (Å²) < 4.78 is 4.67. The molecule has 1 aromatic rings. The quantitative estimate of drug-likeness (QED) is 0.751. The Hall–Kier alpha value is -1.63. The van der Waals surface area contributed by atoms with Crippen molar-refractivity contribution in [2.45, 2.75) is 27.2 Å². The van der Waals surface area contributed by atoms with Crippen LogP contribution in [0.5, 0.6) is 0 Å². The molecule has 0 unspecified atom stereocenters. The lowest BCUT2D eigenvalue weighted by atomic mass is 10.2. The van der Waals surface area contributed by atoms with Crippen LogP contribution >= 0.6 is 11.3 Å². The molecule has 0 saturated heterocycles. The van der Waals surface area contributed by atoms with Crippen molar-refractivity contribution in [2.75, 3.05) is 25.5 Å². The lowest BCUT2D eigenvalue weighted by molar-refractivity contribution is -0.120. The van der Waals surface area contributed by atoms with E-state index >= 15 is 0 Å². The zero-order valence-electron chi connectivity index (χ0n) is 12.3. The summed E-state index contributed by atoms with van der Waals surface area (Å²) in [7, 11) is 1.34. The lowest BCUT2D eigenvalue weighted by Crippen LogP contribution is -2.28. The summed E-state index contributed by atoms with van der Waals surface area (Å²) in [5, 5.41) is 6.51. The second kappa shape index (κ2) is 7.84. The SMILES string of the molecule is COC(=O)c1sc(NCCC(=O)NCC(C)C)nc1C. The van der Waals surface area contributed by atoms with Crippen LogP contribution in [0, 0.1) is 12.8 Å². The Morgan fingerprint density at radius 2 is 2.10 bits per heavy atom. The number of hydrogen-bond acceptors (Lipinski definition) is 6. The van der Waals surface area contributed by atoms with Gasteiger partial charge in [0, 0.05) is 19.5 Å². The number of anilines is 1. The maximum absolute atomic E-state index is 11.5. The predicted molar refractivity (Wildman–Crippen MR) is 79.1 cm³/mol. The molecule has 1 amide bonds. The molecule has 0 bridgehead atoms. The number of rotatable bonds is 7. The molecule has 0 radical (unpaired) electrons. The van der Waals surface area contributed by atoms with E-state index in [0.717, 1.165) is 0 Å². The van der Waals surface area contributed by atoms with E-state index in [4.69, 9.17) is 0 Å². The molecule has 0 aliphatic rings. The minimum Gasteiger partial charge on any atom is -0.465 e. The Labute approximate surface area is 122 Å². The van der Waals surface area contributed by atoms with Gasteiger partial charge in [0.1, 0.15) is 4.88 Å². The molecule has 1 rings (SSSR count). The van der Waals surface area contributed by atoms with Gasteiger partial charge >= 0.3 is 5.97 Å². The number of aromatic nitrogens is 1. The van der Waals surface area contributed by atoms with Gasteiger partial charge < -0.3 is 15.4 Å². The Morgan fingerprint density at radius 1 is 1.40 bits per heavy atom. The molecule has 1 aromatic heterocycles. The Morgan fingerprint density at radius 3 is 2.70 bits per heavy atom. The van der Waals surface area contributed by atoms with Gasteiger partial charge in [-0.3, -0.25) is 4.79 Å². The summed E-state index contributed by atoms with van der Waals surface area (Å²) in [5.74, 6) is 0.0616. The number of amides is 1. The van der Waals surface area contributed by atoms with Crippen LogP contribution in [-0.2, 0) is 9.53 Å². The highest BCUT2D eigenvalue weighted by atomic mass is 32.1. The minimum absolute atomic E-state index is 0.00710. The molecule has 20 heavy (non-hydrogen) atoms. The summed E-state index contributed by atoms with van der Waals surface area (Å²) in [6, 6.07) is 0. The van der Waals surface area contributed by atoms with E-state index in [9.17, 15) is 9.59 Å². The van der Waals surface area contributed by atoms with Crippen molar-refractivity contribution in [3.63, 3.8) is 0 Å². The first kappa shape index (κ1) is 16.4. The highest BCUT2D eigenvalue weighted by Crippen LogP contribution is 2.22. The second-order valence-corrected chi connectivity index (χ2v) is 5.80. The fraction of sp³-hybridized carbons (Fsp3) is 0.615. The number of thiazole rings is 1. The molecule has 0 saturated carbocycles. The maximum atomic E-state index is 11.5. The van der Waals surface area contributed by atoms with Crippen LogP contribution in [0.4, 0.5) is 5.13 Å². The van der Waals surface area contributed by atoms with Crippen LogP contribution in [0.2, 0.25) is 0 Å². The van der Waals surface area contributed by atoms with E-state index in [1.165, 1.54) is 18.4 Å². The number of methoxy groups -OCH3 is 1. The summed E-state index contributed by atoms with van der Waals surface area (Å²) in [5.41, 5.74) is 0.633. The van der Waals surface area contributed by atoms with E-state index in [1.807, 2.05) is 13.8 Å².